The second kappa shape index (κ2) is 5.37. The minimum Gasteiger partial charge on any atom is -0.395 e. The van der Waals surface area contributed by atoms with Crippen molar-refractivity contribution in [2.24, 2.45) is 0 Å². The molecule has 0 bridgehead atoms. The number of aliphatic hydroxyl groups excluding tert-OH is 1. The van der Waals surface area contributed by atoms with Gasteiger partial charge in [0.25, 0.3) is 0 Å². The lowest BCUT2D eigenvalue weighted by Crippen LogP contribution is -2.22. The Morgan fingerprint density at radius 1 is 1.79 bits per heavy atom. The molecule has 1 unspecified atom stereocenters. The summed E-state index contributed by atoms with van der Waals surface area (Å²) in [6.45, 7) is 3.22. The Kier molecular flexibility index (Phi) is 4.11. The fourth-order valence-corrected chi connectivity index (χ4v) is 1.15. The number of aromatic nitrogens is 2. The van der Waals surface area contributed by atoms with Crippen molar-refractivity contribution in [1.29, 1.82) is 5.26 Å². The standard InChI is InChI=1S/C9H14N4O/c1-2-13-7-8(6-12-13)9(5-10)11-3-4-14/h6-7,9,11,14H,2-4H2,1H3. The Labute approximate surface area is 83.0 Å². The van der Waals surface area contributed by atoms with Crippen LogP contribution in [0.1, 0.15) is 18.5 Å². The summed E-state index contributed by atoms with van der Waals surface area (Å²) in [7, 11) is 0. The molecule has 1 aromatic rings. The minimum atomic E-state index is -0.387. The van der Waals surface area contributed by atoms with E-state index in [0.29, 0.717) is 6.54 Å². The fraction of sp³-hybridized carbons (Fsp3) is 0.556. The maximum atomic E-state index is 8.86. The molecule has 1 rings (SSSR count). The molecule has 1 heterocycles. The highest BCUT2D eigenvalue weighted by Gasteiger charge is 2.10. The molecule has 5 nitrogen and oxygen atoms in total. The molecule has 0 aliphatic rings. The number of hydrogen-bond acceptors (Lipinski definition) is 4. The van der Waals surface area contributed by atoms with E-state index in [-0.39, 0.29) is 12.6 Å². The van der Waals surface area contributed by atoms with E-state index in [4.69, 9.17) is 10.4 Å². The third-order valence-electron chi connectivity index (χ3n) is 1.90. The molecule has 1 aromatic heterocycles. The van der Waals surface area contributed by atoms with Gasteiger partial charge in [-0.25, -0.2) is 0 Å². The Morgan fingerprint density at radius 2 is 2.57 bits per heavy atom. The maximum Gasteiger partial charge on any atom is 0.124 e. The van der Waals surface area contributed by atoms with Gasteiger partial charge in [-0.2, -0.15) is 10.4 Å². The zero-order chi connectivity index (χ0) is 10.4. The maximum absolute atomic E-state index is 8.86. The highest BCUT2D eigenvalue weighted by molar-refractivity contribution is 5.17. The Morgan fingerprint density at radius 3 is 3.07 bits per heavy atom. The summed E-state index contributed by atoms with van der Waals surface area (Å²) < 4.78 is 1.76. The molecule has 0 spiro atoms. The van der Waals surface area contributed by atoms with Gasteiger partial charge in [-0.15, -0.1) is 0 Å². The molecule has 0 fully saturated rings. The SMILES string of the molecule is CCn1cc(C(C#N)NCCO)cn1. The molecule has 0 saturated heterocycles. The number of rotatable bonds is 5. The van der Waals surface area contributed by atoms with Gasteiger partial charge < -0.3 is 5.11 Å². The van der Waals surface area contributed by atoms with E-state index < -0.39 is 0 Å². The van der Waals surface area contributed by atoms with E-state index in [0.717, 1.165) is 12.1 Å². The average molecular weight is 194 g/mol. The van der Waals surface area contributed by atoms with E-state index in [1.54, 1.807) is 10.9 Å². The van der Waals surface area contributed by atoms with Crippen LogP contribution in [0, 0.1) is 11.3 Å². The van der Waals surface area contributed by atoms with Crippen LogP contribution in [-0.4, -0.2) is 28.0 Å². The average Bonchev–Trinajstić information content (AvgIpc) is 2.68. The lowest BCUT2D eigenvalue weighted by molar-refractivity contribution is 0.289. The van der Waals surface area contributed by atoms with Crippen molar-refractivity contribution < 1.29 is 5.11 Å². The molecule has 0 aliphatic carbocycles. The number of nitriles is 1. The summed E-state index contributed by atoms with van der Waals surface area (Å²) in [5, 5.41) is 24.5. The van der Waals surface area contributed by atoms with Crippen LogP contribution in [0.4, 0.5) is 0 Å². The predicted octanol–water partition coefficient (Wildman–Crippen LogP) is 0.0496. The fourth-order valence-electron chi connectivity index (χ4n) is 1.15. The van der Waals surface area contributed by atoms with Crippen molar-refractivity contribution in [2.45, 2.75) is 19.5 Å². The van der Waals surface area contributed by atoms with Crippen LogP contribution in [0.25, 0.3) is 0 Å². The summed E-state index contributed by atoms with van der Waals surface area (Å²) in [5.74, 6) is 0. The summed E-state index contributed by atoms with van der Waals surface area (Å²) >= 11 is 0. The number of hydrogen-bond donors (Lipinski definition) is 2. The molecule has 2 N–H and O–H groups in total. The summed E-state index contributed by atoms with van der Waals surface area (Å²) in [6, 6.07) is 1.73. The first-order valence-electron chi connectivity index (χ1n) is 4.58. The lowest BCUT2D eigenvalue weighted by atomic mass is 10.2. The number of aliphatic hydroxyl groups is 1. The number of nitrogens with zero attached hydrogens (tertiary/aromatic N) is 3. The normalized spacial score (nSPS) is 12.4. The second-order valence-electron chi connectivity index (χ2n) is 2.87. The Hall–Kier alpha value is -1.38. The molecule has 76 valence electrons. The Bertz CT molecular complexity index is 315. The topological polar surface area (TPSA) is 73.9 Å². The number of aryl methyl sites for hydroxylation is 1. The first-order chi connectivity index (χ1) is 6.81. The van der Waals surface area contributed by atoms with Crippen molar-refractivity contribution in [1.82, 2.24) is 15.1 Å². The first kappa shape index (κ1) is 10.7. The van der Waals surface area contributed by atoms with E-state index >= 15 is 0 Å². The predicted molar refractivity (Wildman–Crippen MR) is 51.3 cm³/mol. The zero-order valence-electron chi connectivity index (χ0n) is 8.14. The van der Waals surface area contributed by atoms with Crippen molar-refractivity contribution >= 4 is 0 Å². The first-order valence-corrected chi connectivity index (χ1v) is 4.58. The second-order valence-corrected chi connectivity index (χ2v) is 2.87. The van der Waals surface area contributed by atoms with Crippen molar-refractivity contribution in [3.05, 3.63) is 18.0 Å². The molecule has 0 amide bonds. The molecular weight excluding hydrogens is 180 g/mol. The molecule has 14 heavy (non-hydrogen) atoms. The summed E-state index contributed by atoms with van der Waals surface area (Å²) in [6.07, 6.45) is 3.50. The summed E-state index contributed by atoms with van der Waals surface area (Å²) in [5.41, 5.74) is 0.836. The Balaban J connectivity index is 2.65. The summed E-state index contributed by atoms with van der Waals surface area (Å²) in [4.78, 5) is 0. The van der Waals surface area contributed by atoms with Crippen LogP contribution in [-0.2, 0) is 6.54 Å². The zero-order valence-corrected chi connectivity index (χ0v) is 8.14. The largest absolute Gasteiger partial charge is 0.395 e. The smallest absolute Gasteiger partial charge is 0.124 e. The lowest BCUT2D eigenvalue weighted by Gasteiger charge is -2.06. The van der Waals surface area contributed by atoms with Gasteiger partial charge in [0.2, 0.25) is 0 Å². The molecule has 0 aromatic carbocycles. The molecule has 0 radical (unpaired) electrons. The van der Waals surface area contributed by atoms with Crippen LogP contribution < -0.4 is 5.32 Å². The highest BCUT2D eigenvalue weighted by Crippen LogP contribution is 2.09. The van der Waals surface area contributed by atoms with Crippen molar-refractivity contribution in [3.63, 3.8) is 0 Å². The van der Waals surface area contributed by atoms with Gasteiger partial charge in [0.15, 0.2) is 0 Å². The van der Waals surface area contributed by atoms with Crippen LogP contribution >= 0.6 is 0 Å². The molecule has 0 aliphatic heterocycles. The molecule has 0 saturated carbocycles. The van der Waals surface area contributed by atoms with Gasteiger partial charge in [-0.3, -0.25) is 10.00 Å². The van der Waals surface area contributed by atoms with Gasteiger partial charge in [0.05, 0.1) is 18.9 Å². The highest BCUT2D eigenvalue weighted by atomic mass is 16.3. The van der Waals surface area contributed by atoms with Crippen molar-refractivity contribution in [2.75, 3.05) is 13.2 Å². The quantitative estimate of drug-likeness (QED) is 0.694. The third kappa shape index (κ3) is 2.55. The van der Waals surface area contributed by atoms with E-state index in [2.05, 4.69) is 16.5 Å². The van der Waals surface area contributed by atoms with E-state index in [1.165, 1.54) is 0 Å². The van der Waals surface area contributed by atoms with Gasteiger partial charge in [0.1, 0.15) is 6.04 Å². The van der Waals surface area contributed by atoms with Crippen LogP contribution in [0.15, 0.2) is 12.4 Å². The van der Waals surface area contributed by atoms with Crippen LogP contribution in [0.5, 0.6) is 0 Å². The van der Waals surface area contributed by atoms with Crippen LogP contribution in [0.2, 0.25) is 0 Å². The van der Waals surface area contributed by atoms with E-state index in [9.17, 15) is 0 Å². The van der Waals surface area contributed by atoms with Gasteiger partial charge >= 0.3 is 0 Å². The molecular formula is C9H14N4O. The third-order valence-corrected chi connectivity index (χ3v) is 1.90. The van der Waals surface area contributed by atoms with Crippen LogP contribution in [0.3, 0.4) is 0 Å². The number of nitrogens with one attached hydrogen (secondary N) is 1. The van der Waals surface area contributed by atoms with Gasteiger partial charge in [-0.1, -0.05) is 0 Å². The van der Waals surface area contributed by atoms with E-state index in [1.807, 2.05) is 13.1 Å². The monoisotopic (exact) mass is 194 g/mol. The molecule has 1 atom stereocenters. The van der Waals surface area contributed by atoms with Crippen molar-refractivity contribution in [3.8, 4) is 6.07 Å². The van der Waals surface area contributed by atoms with Gasteiger partial charge in [-0.05, 0) is 6.92 Å². The minimum absolute atomic E-state index is 0.0279. The molecule has 5 heteroatoms. The van der Waals surface area contributed by atoms with Gasteiger partial charge in [0, 0.05) is 24.8 Å².